The summed E-state index contributed by atoms with van der Waals surface area (Å²) >= 11 is 0. The van der Waals surface area contributed by atoms with Crippen LogP contribution in [0.4, 0.5) is 15.4 Å². The molecule has 1 saturated heterocycles. The van der Waals surface area contributed by atoms with Gasteiger partial charge in [-0.2, -0.15) is 0 Å². The van der Waals surface area contributed by atoms with Crippen LogP contribution >= 0.6 is 0 Å². The zero-order chi connectivity index (χ0) is 19.8. The van der Waals surface area contributed by atoms with Crippen LogP contribution in [-0.4, -0.2) is 52.9 Å². The highest BCUT2D eigenvalue weighted by atomic mass is 16.6. The minimum Gasteiger partial charge on any atom is -0.447 e. The van der Waals surface area contributed by atoms with Crippen molar-refractivity contribution in [2.24, 2.45) is 0 Å². The van der Waals surface area contributed by atoms with Crippen LogP contribution < -0.4 is 10.5 Å². The lowest BCUT2D eigenvalue weighted by Crippen LogP contribution is -2.36. The Bertz CT molecular complexity index is 825. The zero-order valence-electron chi connectivity index (χ0n) is 15.6. The van der Waals surface area contributed by atoms with Crippen molar-refractivity contribution in [3.05, 3.63) is 28.6 Å². The lowest BCUT2D eigenvalue weighted by molar-refractivity contribution is -0.128. The quantitative estimate of drug-likeness (QED) is 0.798. The minimum absolute atomic E-state index is 0.0721. The first-order valence-corrected chi connectivity index (χ1v) is 8.86. The van der Waals surface area contributed by atoms with Gasteiger partial charge in [-0.3, -0.25) is 19.1 Å². The third-order valence-corrected chi connectivity index (χ3v) is 4.37. The van der Waals surface area contributed by atoms with Gasteiger partial charge >= 0.3 is 12.2 Å². The number of aromatic nitrogens is 1. The summed E-state index contributed by atoms with van der Waals surface area (Å²) in [7, 11) is 0. The van der Waals surface area contributed by atoms with Gasteiger partial charge in [0.05, 0.1) is 19.1 Å². The number of nitrogens with zero attached hydrogens (tertiary/aromatic N) is 3. The van der Waals surface area contributed by atoms with E-state index < -0.39 is 17.8 Å². The number of carbonyl (C=O) groups is 3. The Morgan fingerprint density at radius 1 is 1.22 bits per heavy atom. The molecule has 9 nitrogen and oxygen atoms in total. The summed E-state index contributed by atoms with van der Waals surface area (Å²) in [6.45, 7) is 5.97. The van der Waals surface area contributed by atoms with E-state index in [1.54, 1.807) is 32.9 Å². The second-order valence-electron chi connectivity index (χ2n) is 7.54. The second-order valence-corrected chi connectivity index (χ2v) is 7.54. The van der Waals surface area contributed by atoms with Gasteiger partial charge < -0.3 is 9.47 Å². The monoisotopic (exact) mass is 377 g/mol. The first kappa shape index (κ1) is 18.9. The fourth-order valence-electron chi connectivity index (χ4n) is 3.21. The molecule has 0 radical (unpaired) electrons. The van der Waals surface area contributed by atoms with E-state index >= 15 is 0 Å². The molecule has 1 aromatic rings. The zero-order valence-corrected chi connectivity index (χ0v) is 15.6. The Labute approximate surface area is 156 Å². The van der Waals surface area contributed by atoms with Gasteiger partial charge in [0.1, 0.15) is 18.0 Å². The van der Waals surface area contributed by atoms with Crippen molar-refractivity contribution < 1.29 is 23.9 Å². The second kappa shape index (κ2) is 7.05. The molecule has 146 valence electrons. The molecule has 0 aromatic carbocycles. The molecule has 1 unspecified atom stereocenters. The predicted molar refractivity (Wildman–Crippen MR) is 95.6 cm³/mol. The molecule has 9 heteroatoms. The average molecular weight is 377 g/mol. The summed E-state index contributed by atoms with van der Waals surface area (Å²) in [6.07, 6.45) is -0.792. The molecule has 1 fully saturated rings. The lowest BCUT2D eigenvalue weighted by Gasteiger charge is -2.24. The Morgan fingerprint density at radius 2 is 1.96 bits per heavy atom. The highest BCUT2D eigenvalue weighted by Crippen LogP contribution is 2.31. The number of ether oxygens (including phenoxy) is 2. The summed E-state index contributed by atoms with van der Waals surface area (Å²) in [5.74, 6) is 0.0912. The molecule has 1 atom stereocenters. The van der Waals surface area contributed by atoms with Crippen LogP contribution in [0.3, 0.4) is 0 Å². The molecule has 2 aliphatic rings. The van der Waals surface area contributed by atoms with Crippen molar-refractivity contribution in [3.8, 4) is 0 Å². The average Bonchev–Trinajstić information content (AvgIpc) is 3.15. The molecular weight excluding hydrogens is 354 g/mol. The summed E-state index contributed by atoms with van der Waals surface area (Å²) in [6, 6.07) is 4.29. The van der Waals surface area contributed by atoms with Gasteiger partial charge in [-0.25, -0.2) is 14.5 Å². The van der Waals surface area contributed by atoms with Gasteiger partial charge in [0.15, 0.2) is 0 Å². The number of fused-ring (bicyclic) bond motifs is 1. The Hall–Kier alpha value is -2.84. The maximum Gasteiger partial charge on any atom is 0.416 e. The highest BCUT2D eigenvalue weighted by molar-refractivity contribution is 5.93. The number of carbonyl (C=O) groups excluding carboxylic acids is 3. The number of cyclic esters (lactones) is 1. The molecule has 3 heterocycles. The number of hydrogen-bond acceptors (Lipinski definition) is 6. The van der Waals surface area contributed by atoms with E-state index in [1.807, 2.05) is 0 Å². The fraction of sp³-hybridized carbons (Fsp3) is 0.556. The number of hydrogen-bond donors (Lipinski definition) is 0. The van der Waals surface area contributed by atoms with Gasteiger partial charge in [-0.15, -0.1) is 0 Å². The molecule has 2 aliphatic heterocycles. The highest BCUT2D eigenvalue weighted by Gasteiger charge is 2.36. The normalized spacial score (nSPS) is 19.1. The first-order valence-electron chi connectivity index (χ1n) is 8.86. The van der Waals surface area contributed by atoms with Gasteiger partial charge in [0, 0.05) is 12.5 Å². The van der Waals surface area contributed by atoms with Crippen molar-refractivity contribution in [2.75, 3.05) is 24.6 Å². The number of anilines is 1. The summed E-state index contributed by atoms with van der Waals surface area (Å²) in [5, 5.41) is 0. The van der Waals surface area contributed by atoms with Crippen molar-refractivity contribution in [1.29, 1.82) is 0 Å². The molecule has 3 rings (SSSR count). The number of pyridine rings is 1. The maximum atomic E-state index is 12.5. The molecule has 3 amide bonds. The Morgan fingerprint density at radius 3 is 2.59 bits per heavy atom. The molecule has 27 heavy (non-hydrogen) atoms. The van der Waals surface area contributed by atoms with Crippen LogP contribution in [-0.2, 0) is 14.3 Å². The van der Waals surface area contributed by atoms with E-state index in [1.165, 1.54) is 15.5 Å². The van der Waals surface area contributed by atoms with E-state index in [2.05, 4.69) is 0 Å². The van der Waals surface area contributed by atoms with E-state index in [9.17, 15) is 19.2 Å². The predicted octanol–water partition coefficient (Wildman–Crippen LogP) is 1.90. The number of imide groups is 1. The molecule has 0 bridgehead atoms. The lowest BCUT2D eigenvalue weighted by atomic mass is 10.1. The molecule has 0 N–H and O–H groups in total. The van der Waals surface area contributed by atoms with Crippen molar-refractivity contribution in [3.63, 3.8) is 0 Å². The van der Waals surface area contributed by atoms with Gasteiger partial charge in [-0.1, -0.05) is 6.07 Å². The molecule has 0 aliphatic carbocycles. The van der Waals surface area contributed by atoms with Crippen LogP contribution in [0.15, 0.2) is 23.0 Å². The van der Waals surface area contributed by atoms with Crippen LogP contribution in [0.5, 0.6) is 0 Å². The SMILES string of the molecule is CC(C)(C)OC(=O)N1CC(CCC(=O)N2CCOC2=O)n2c1cccc2=O. The van der Waals surface area contributed by atoms with Crippen molar-refractivity contribution >= 4 is 23.9 Å². The maximum absolute atomic E-state index is 12.5. The molecule has 0 saturated carbocycles. The molecule has 1 aromatic heterocycles. The van der Waals surface area contributed by atoms with E-state index in [4.69, 9.17) is 9.47 Å². The molecular formula is C18H23N3O6. The minimum atomic E-state index is -0.666. The third-order valence-electron chi connectivity index (χ3n) is 4.37. The fourth-order valence-corrected chi connectivity index (χ4v) is 3.21. The van der Waals surface area contributed by atoms with Crippen LogP contribution in [0.2, 0.25) is 0 Å². The van der Waals surface area contributed by atoms with Crippen LogP contribution in [0.1, 0.15) is 39.7 Å². The first-order chi connectivity index (χ1) is 12.7. The van der Waals surface area contributed by atoms with Gasteiger partial charge in [-0.05, 0) is 33.3 Å². The van der Waals surface area contributed by atoms with E-state index in [0.29, 0.717) is 12.2 Å². The number of rotatable bonds is 3. The third kappa shape index (κ3) is 3.96. The molecule has 0 spiro atoms. The topological polar surface area (TPSA) is 98.2 Å². The van der Waals surface area contributed by atoms with E-state index in [-0.39, 0.29) is 43.6 Å². The van der Waals surface area contributed by atoms with Crippen molar-refractivity contribution in [2.45, 2.75) is 45.3 Å². The smallest absolute Gasteiger partial charge is 0.416 e. The van der Waals surface area contributed by atoms with Crippen LogP contribution in [0, 0.1) is 0 Å². The summed E-state index contributed by atoms with van der Waals surface area (Å²) in [5.41, 5.74) is -0.919. The summed E-state index contributed by atoms with van der Waals surface area (Å²) < 4.78 is 11.7. The largest absolute Gasteiger partial charge is 0.447 e. The van der Waals surface area contributed by atoms with Gasteiger partial charge in [0.25, 0.3) is 5.56 Å². The van der Waals surface area contributed by atoms with Crippen LogP contribution in [0.25, 0.3) is 0 Å². The van der Waals surface area contributed by atoms with Crippen molar-refractivity contribution in [1.82, 2.24) is 9.47 Å². The Balaban J connectivity index is 1.75. The Kier molecular flexibility index (Phi) is 4.95. The van der Waals surface area contributed by atoms with E-state index in [0.717, 1.165) is 4.90 Å². The van der Waals surface area contributed by atoms with Gasteiger partial charge in [0.2, 0.25) is 5.91 Å². The number of amides is 3. The summed E-state index contributed by atoms with van der Waals surface area (Å²) in [4.78, 5) is 51.1. The standard InChI is InChI=1S/C18H23N3O6/c1-18(2,3)27-17(25)20-11-12(21-13(20)5-4-6-15(21)23)7-8-14(22)19-9-10-26-16(19)24/h4-6,12H,7-11H2,1-3H3.